The molecule has 2 aliphatic rings. The first-order chi connectivity index (χ1) is 15.8. The number of benzene rings is 1. The van der Waals surface area contributed by atoms with Gasteiger partial charge in [-0.1, -0.05) is 69.3 Å². The zero-order valence-corrected chi connectivity index (χ0v) is 22.7. The summed E-state index contributed by atoms with van der Waals surface area (Å²) < 4.78 is 11.7. The Balaban J connectivity index is 1.93. The van der Waals surface area contributed by atoms with E-state index in [1.807, 2.05) is 31.2 Å². The quantitative estimate of drug-likeness (QED) is 0.125. The lowest BCUT2D eigenvalue weighted by molar-refractivity contribution is -0.175. The number of β-lactam (4-membered cyclic amide) rings is 1. The van der Waals surface area contributed by atoms with E-state index in [1.165, 1.54) is 11.0 Å². The highest BCUT2D eigenvalue weighted by atomic mass is 35.5. The van der Waals surface area contributed by atoms with Gasteiger partial charge in [0.1, 0.15) is 6.61 Å². The topological polar surface area (TPSA) is 72.9 Å². The highest BCUT2D eigenvalue weighted by Crippen LogP contribution is 2.45. The van der Waals surface area contributed by atoms with Crippen LogP contribution in [0.15, 0.2) is 36.9 Å². The third-order valence-electron chi connectivity index (χ3n) is 7.56. The Kier molecular flexibility index (Phi) is 7.80. The predicted octanol–water partition coefficient (Wildman–Crippen LogP) is 4.96. The van der Waals surface area contributed by atoms with E-state index in [0.717, 1.165) is 12.0 Å². The fourth-order valence-electron chi connectivity index (χ4n) is 4.73. The van der Waals surface area contributed by atoms with Crippen molar-refractivity contribution in [2.24, 2.45) is 11.8 Å². The van der Waals surface area contributed by atoms with Crippen LogP contribution >= 0.6 is 11.6 Å². The molecule has 1 amide bonds. The second-order valence-electron chi connectivity index (χ2n) is 10.8. The summed E-state index contributed by atoms with van der Waals surface area (Å²) in [6, 6.07) is 7.03. The molecule has 3 rings (SSSR count). The monoisotopic (exact) mass is 505 g/mol. The third-order valence-corrected chi connectivity index (χ3v) is 12.5. The van der Waals surface area contributed by atoms with Gasteiger partial charge in [-0.3, -0.25) is 9.59 Å². The molecule has 1 unspecified atom stereocenters. The molecule has 1 fully saturated rings. The summed E-state index contributed by atoms with van der Waals surface area (Å²) in [4.78, 5) is 40.8. The maximum atomic E-state index is 13.5. The van der Waals surface area contributed by atoms with Gasteiger partial charge >= 0.3 is 5.97 Å². The van der Waals surface area contributed by atoms with Gasteiger partial charge in [0.15, 0.2) is 14.1 Å². The van der Waals surface area contributed by atoms with Crippen molar-refractivity contribution in [2.75, 3.05) is 6.61 Å². The molecule has 1 aromatic carbocycles. The molecule has 0 radical (unpaired) electrons. The van der Waals surface area contributed by atoms with Gasteiger partial charge in [-0.05, 0) is 43.5 Å². The van der Waals surface area contributed by atoms with Gasteiger partial charge in [-0.2, -0.15) is 0 Å². The molecular weight excluding hydrogens is 470 g/mol. The lowest BCUT2D eigenvalue weighted by atomic mass is 9.69. The van der Waals surface area contributed by atoms with Crippen LogP contribution in [0, 0.1) is 11.8 Å². The summed E-state index contributed by atoms with van der Waals surface area (Å²) in [6.07, 6.45) is 2.34. The third kappa shape index (κ3) is 4.88. The SMILES string of the molecule is C=CCOC(=O)C(Cl)N1C(=O)[C@H]([C@@H](C)O[Si](C)(C)C(C)(C)C)[C@H]1[C@H]1CCc2ccccc2C1=O. The van der Waals surface area contributed by atoms with Crippen LogP contribution in [-0.2, 0) is 25.2 Å². The van der Waals surface area contributed by atoms with E-state index in [0.29, 0.717) is 12.0 Å². The number of ether oxygens (including phenoxy) is 1. The first-order valence-corrected chi connectivity index (χ1v) is 15.2. The first-order valence-electron chi connectivity index (χ1n) is 11.9. The van der Waals surface area contributed by atoms with Crippen molar-refractivity contribution >= 4 is 37.6 Å². The number of amides is 1. The summed E-state index contributed by atoms with van der Waals surface area (Å²) in [5.74, 6) is -2.03. The molecule has 1 aliphatic carbocycles. The van der Waals surface area contributed by atoms with E-state index in [-0.39, 0.29) is 23.3 Å². The standard InChI is InChI=1S/C26H36ClNO5Si/c1-8-15-32-25(31)23(27)28-21(19-14-13-17-11-9-10-12-18(17)22(19)29)20(24(28)30)16(2)33-34(6,7)26(3,4)5/h8-12,16,19-21,23H,1,13-15H2,2-7H3/t16-,19-,20-,21-,23?/m1/s1. The number of carbonyl (C=O) groups is 3. The zero-order chi connectivity index (χ0) is 25.4. The van der Waals surface area contributed by atoms with Crippen molar-refractivity contribution in [1.82, 2.24) is 4.90 Å². The molecule has 0 saturated carbocycles. The van der Waals surface area contributed by atoms with Gasteiger partial charge < -0.3 is 14.1 Å². The Morgan fingerprint density at radius 2 is 1.94 bits per heavy atom. The number of Topliss-reactive ketones (excluding diaryl/α,β-unsaturated/α-hetero) is 1. The van der Waals surface area contributed by atoms with Crippen molar-refractivity contribution in [1.29, 1.82) is 0 Å². The fraction of sp³-hybridized carbons (Fsp3) is 0.577. The van der Waals surface area contributed by atoms with Gasteiger partial charge in [0.05, 0.1) is 18.1 Å². The van der Waals surface area contributed by atoms with Gasteiger partial charge in [-0.25, -0.2) is 4.79 Å². The van der Waals surface area contributed by atoms with Crippen molar-refractivity contribution in [3.8, 4) is 0 Å². The Hall–Kier alpha value is -1.96. The molecule has 0 N–H and O–H groups in total. The molecular formula is C26H36ClNO5Si. The zero-order valence-electron chi connectivity index (χ0n) is 21.0. The Bertz CT molecular complexity index is 972. The molecule has 0 bridgehead atoms. The molecule has 1 aliphatic heterocycles. The number of ketones is 1. The minimum atomic E-state index is -2.18. The Morgan fingerprint density at radius 1 is 1.29 bits per heavy atom. The number of fused-ring (bicyclic) bond motifs is 1. The van der Waals surface area contributed by atoms with Crippen LogP contribution in [0.25, 0.3) is 0 Å². The summed E-state index contributed by atoms with van der Waals surface area (Å²) in [7, 11) is -2.18. The van der Waals surface area contributed by atoms with E-state index >= 15 is 0 Å². The van der Waals surface area contributed by atoms with Crippen LogP contribution in [0.3, 0.4) is 0 Å². The van der Waals surface area contributed by atoms with E-state index in [9.17, 15) is 14.4 Å². The van der Waals surface area contributed by atoms with Gasteiger partial charge in [0.25, 0.3) is 0 Å². The van der Waals surface area contributed by atoms with Crippen LogP contribution in [0.2, 0.25) is 18.1 Å². The minimum absolute atomic E-state index is 0.00119. The lowest BCUT2D eigenvalue weighted by Crippen LogP contribution is -2.71. The van der Waals surface area contributed by atoms with Crippen molar-refractivity contribution < 1.29 is 23.5 Å². The molecule has 1 heterocycles. The van der Waals surface area contributed by atoms with Gasteiger partial charge in [0.2, 0.25) is 11.4 Å². The van der Waals surface area contributed by atoms with Crippen molar-refractivity contribution in [3.05, 3.63) is 48.0 Å². The van der Waals surface area contributed by atoms with Gasteiger partial charge in [-0.15, -0.1) is 0 Å². The van der Waals surface area contributed by atoms with Crippen LogP contribution in [0.5, 0.6) is 0 Å². The number of esters is 1. The van der Waals surface area contributed by atoms with Crippen LogP contribution in [0.4, 0.5) is 0 Å². The molecule has 34 heavy (non-hydrogen) atoms. The summed E-state index contributed by atoms with van der Waals surface area (Å²) in [5.41, 5.74) is 0.379. The first kappa shape index (κ1) is 26.6. The highest BCUT2D eigenvalue weighted by molar-refractivity contribution is 6.74. The van der Waals surface area contributed by atoms with Gasteiger partial charge in [0, 0.05) is 11.5 Å². The number of carbonyl (C=O) groups excluding carboxylic acids is 3. The number of aryl methyl sites for hydroxylation is 1. The molecule has 1 aromatic rings. The smallest absolute Gasteiger partial charge is 0.344 e. The number of nitrogens with zero attached hydrogens (tertiary/aromatic N) is 1. The summed E-state index contributed by atoms with van der Waals surface area (Å²) in [6.45, 7) is 16.1. The van der Waals surface area contributed by atoms with Crippen molar-refractivity contribution in [3.63, 3.8) is 0 Å². The maximum absolute atomic E-state index is 13.5. The number of hydrogen-bond donors (Lipinski definition) is 0. The molecule has 5 atom stereocenters. The van der Waals surface area contributed by atoms with E-state index in [4.69, 9.17) is 20.8 Å². The normalized spacial score (nSPS) is 24.7. The number of rotatable bonds is 8. The Morgan fingerprint density at radius 3 is 2.56 bits per heavy atom. The molecule has 0 spiro atoms. The van der Waals surface area contributed by atoms with Crippen LogP contribution in [-0.4, -0.2) is 55.1 Å². The molecule has 0 aromatic heterocycles. The van der Waals surface area contributed by atoms with E-state index < -0.39 is 43.8 Å². The van der Waals surface area contributed by atoms with E-state index in [1.54, 1.807) is 0 Å². The number of alkyl halides is 1. The van der Waals surface area contributed by atoms with Crippen LogP contribution < -0.4 is 0 Å². The Labute approximate surface area is 208 Å². The maximum Gasteiger partial charge on any atom is 0.344 e. The lowest BCUT2D eigenvalue weighted by Gasteiger charge is -2.55. The largest absolute Gasteiger partial charge is 0.459 e. The van der Waals surface area contributed by atoms with Crippen molar-refractivity contribution in [2.45, 2.75) is 76.3 Å². The number of likely N-dealkylation sites (tertiary alicyclic amines) is 1. The fourth-order valence-corrected chi connectivity index (χ4v) is 6.44. The number of hydrogen-bond acceptors (Lipinski definition) is 5. The summed E-state index contributed by atoms with van der Waals surface area (Å²) in [5, 5.41) is -0.0354. The molecule has 1 saturated heterocycles. The molecule has 6 nitrogen and oxygen atoms in total. The predicted molar refractivity (Wildman–Crippen MR) is 135 cm³/mol. The molecule has 186 valence electrons. The minimum Gasteiger partial charge on any atom is -0.459 e. The summed E-state index contributed by atoms with van der Waals surface area (Å²) >= 11 is 6.45. The second kappa shape index (κ2) is 9.95. The second-order valence-corrected chi connectivity index (χ2v) is 15.9. The van der Waals surface area contributed by atoms with E-state index in [2.05, 4.69) is 40.4 Å². The van der Waals surface area contributed by atoms with Crippen LogP contribution in [0.1, 0.15) is 50.0 Å². The highest BCUT2D eigenvalue weighted by Gasteiger charge is 2.59. The molecule has 8 heteroatoms. The number of halogens is 1. The average molecular weight is 506 g/mol. The average Bonchev–Trinajstić information content (AvgIpc) is 2.75.